The number of halogens is 1. The Kier molecular flexibility index (Phi) is 13.5. The van der Waals surface area contributed by atoms with Crippen LogP contribution in [0.25, 0.3) is 0 Å². The smallest absolute Gasteiger partial charge is 0.0892 e. The molecule has 0 N–H and O–H groups in total. The minimum absolute atomic E-state index is 0. The van der Waals surface area contributed by atoms with Gasteiger partial charge in [0.2, 0.25) is 0 Å². The van der Waals surface area contributed by atoms with E-state index >= 15 is 0 Å². The molecule has 0 radical (unpaired) electrons. The van der Waals surface area contributed by atoms with Crippen molar-refractivity contribution in [3.05, 3.63) is 0 Å². The molecular formula is C8H18IN3. The Morgan fingerprint density at radius 2 is 1.92 bits per heavy atom. The minimum atomic E-state index is 0. The Bertz CT molecular complexity index is 139. The maximum Gasteiger partial charge on any atom is 0.0892 e. The van der Waals surface area contributed by atoms with Crippen LogP contribution in [0.5, 0.6) is 0 Å². The molecule has 0 aromatic carbocycles. The van der Waals surface area contributed by atoms with Crippen LogP contribution in [0.3, 0.4) is 0 Å². The van der Waals surface area contributed by atoms with Crippen molar-refractivity contribution in [1.29, 1.82) is 0 Å². The highest BCUT2D eigenvalue weighted by Gasteiger charge is 1.86. The molecule has 12 heavy (non-hydrogen) atoms. The zero-order chi connectivity index (χ0) is 8.53. The van der Waals surface area contributed by atoms with Gasteiger partial charge in [0.1, 0.15) is 0 Å². The van der Waals surface area contributed by atoms with Crippen molar-refractivity contribution < 1.29 is 0 Å². The first-order valence-corrected chi connectivity index (χ1v) is 4.00. The van der Waals surface area contributed by atoms with Gasteiger partial charge in [-0.2, -0.15) is 0 Å². The highest BCUT2D eigenvalue weighted by atomic mass is 127. The predicted molar refractivity (Wildman–Crippen MR) is 63.9 cm³/mol. The molecule has 0 aliphatic rings. The van der Waals surface area contributed by atoms with Crippen molar-refractivity contribution in [2.45, 2.75) is 13.3 Å². The molecule has 3 nitrogen and oxygen atoms in total. The molecule has 0 rings (SSSR count). The Labute approximate surface area is 92.0 Å². The molecule has 0 unspecified atom stereocenters. The molecule has 0 fully saturated rings. The zero-order valence-corrected chi connectivity index (χ0v) is 10.4. The van der Waals surface area contributed by atoms with E-state index in [0.29, 0.717) is 0 Å². The lowest BCUT2D eigenvalue weighted by molar-refractivity contribution is 0.403. The molecule has 0 spiro atoms. The van der Waals surface area contributed by atoms with E-state index in [0.717, 1.165) is 26.1 Å². The van der Waals surface area contributed by atoms with Crippen LogP contribution in [0.2, 0.25) is 0 Å². The summed E-state index contributed by atoms with van der Waals surface area (Å²) < 4.78 is 0. The third kappa shape index (κ3) is 12.7. The van der Waals surface area contributed by atoms with E-state index in [4.69, 9.17) is 0 Å². The van der Waals surface area contributed by atoms with Gasteiger partial charge in [-0.05, 0) is 34.0 Å². The lowest BCUT2D eigenvalue weighted by Gasteiger charge is -2.05. The Hall–Kier alpha value is 0.0700. The van der Waals surface area contributed by atoms with Crippen LogP contribution >= 0.6 is 24.0 Å². The highest BCUT2D eigenvalue weighted by Crippen LogP contribution is 1.82. The Morgan fingerprint density at radius 1 is 1.25 bits per heavy atom. The lowest BCUT2D eigenvalue weighted by atomic mass is 10.4. The molecular weight excluding hydrogens is 265 g/mol. The van der Waals surface area contributed by atoms with Crippen LogP contribution in [0.1, 0.15) is 13.3 Å². The summed E-state index contributed by atoms with van der Waals surface area (Å²) in [5, 5.41) is 0. The second-order valence-electron chi connectivity index (χ2n) is 2.61. The van der Waals surface area contributed by atoms with E-state index in [-0.39, 0.29) is 24.0 Å². The molecule has 0 aliphatic heterocycles. The van der Waals surface area contributed by atoms with Gasteiger partial charge >= 0.3 is 0 Å². The number of hydrogen-bond acceptors (Lipinski definition) is 3. The van der Waals surface area contributed by atoms with Gasteiger partial charge in [-0.1, -0.05) is 0 Å². The van der Waals surface area contributed by atoms with E-state index < -0.39 is 0 Å². The fraction of sp³-hybridized carbons (Fsp3) is 0.875. The van der Waals surface area contributed by atoms with Crippen LogP contribution in [0, 0.1) is 0 Å². The first kappa shape index (κ1) is 14.6. The van der Waals surface area contributed by atoms with E-state index in [1.165, 1.54) is 0 Å². The Balaban J connectivity index is 0. The number of hydrogen-bond donors (Lipinski definition) is 0. The first-order chi connectivity index (χ1) is 5.27. The summed E-state index contributed by atoms with van der Waals surface area (Å²) in [7, 11) is 4.12. The molecule has 72 valence electrons. The summed E-state index contributed by atoms with van der Waals surface area (Å²) in [6.45, 7) is 4.67. The number of nitrogens with zero attached hydrogens (tertiary/aromatic N) is 3. The summed E-state index contributed by atoms with van der Waals surface area (Å²) in [6, 6.07) is 2.64. The zero-order valence-electron chi connectivity index (χ0n) is 8.08. The van der Waals surface area contributed by atoms with Gasteiger partial charge in [-0.3, -0.25) is 0 Å². The maximum atomic E-state index is 3.99. The number of aliphatic imine (C=N–C) groups is 2. The van der Waals surface area contributed by atoms with E-state index in [1.54, 1.807) is 0 Å². The van der Waals surface area contributed by atoms with Crippen molar-refractivity contribution in [3.8, 4) is 0 Å². The molecule has 0 amide bonds. The standard InChI is InChI=1S/C8H17N3.HI/c1-4-9-8-10-6-5-7-11(2)3;/h4-7H2,1-3H3;1H. The summed E-state index contributed by atoms with van der Waals surface area (Å²) in [5.41, 5.74) is 0. The second kappa shape index (κ2) is 11.1. The molecule has 4 heteroatoms. The van der Waals surface area contributed by atoms with Crippen molar-refractivity contribution in [2.24, 2.45) is 9.98 Å². The summed E-state index contributed by atoms with van der Waals surface area (Å²) in [5.74, 6) is 0. The van der Waals surface area contributed by atoms with Gasteiger partial charge in [0.15, 0.2) is 0 Å². The molecule has 0 bridgehead atoms. The average Bonchev–Trinajstić information content (AvgIpc) is 1.96. The average molecular weight is 283 g/mol. The van der Waals surface area contributed by atoms with E-state index in [9.17, 15) is 0 Å². The Morgan fingerprint density at radius 3 is 2.42 bits per heavy atom. The van der Waals surface area contributed by atoms with Crippen LogP contribution in [-0.2, 0) is 0 Å². The molecule has 0 saturated carbocycles. The fourth-order valence-corrected chi connectivity index (χ4v) is 0.637. The van der Waals surface area contributed by atoms with Gasteiger partial charge in [0.05, 0.1) is 12.6 Å². The highest BCUT2D eigenvalue weighted by molar-refractivity contribution is 14.0. The predicted octanol–water partition coefficient (Wildman–Crippen LogP) is 1.75. The van der Waals surface area contributed by atoms with Gasteiger partial charge in [0.25, 0.3) is 0 Å². The second-order valence-corrected chi connectivity index (χ2v) is 2.61. The molecule has 0 aromatic rings. The normalized spacial score (nSPS) is 8.67. The topological polar surface area (TPSA) is 28.0 Å². The van der Waals surface area contributed by atoms with Crippen LogP contribution < -0.4 is 0 Å². The molecule has 0 aliphatic carbocycles. The molecule has 0 atom stereocenters. The quantitative estimate of drug-likeness (QED) is 0.429. The van der Waals surface area contributed by atoms with Crippen LogP contribution in [0.4, 0.5) is 0 Å². The van der Waals surface area contributed by atoms with Crippen molar-refractivity contribution in [2.75, 3.05) is 33.7 Å². The van der Waals surface area contributed by atoms with Gasteiger partial charge in [-0.25, -0.2) is 9.98 Å². The van der Waals surface area contributed by atoms with Gasteiger partial charge in [0, 0.05) is 6.54 Å². The van der Waals surface area contributed by atoms with Gasteiger partial charge in [-0.15, -0.1) is 24.0 Å². The third-order valence-electron chi connectivity index (χ3n) is 1.17. The first-order valence-electron chi connectivity index (χ1n) is 4.00. The SMILES string of the molecule is CCN=C=NCCCN(C)C.I. The van der Waals surface area contributed by atoms with E-state index in [1.807, 2.05) is 6.92 Å². The van der Waals surface area contributed by atoms with E-state index in [2.05, 4.69) is 35.0 Å². The van der Waals surface area contributed by atoms with Crippen LogP contribution in [-0.4, -0.2) is 44.6 Å². The monoisotopic (exact) mass is 283 g/mol. The molecule has 0 aromatic heterocycles. The van der Waals surface area contributed by atoms with Gasteiger partial charge < -0.3 is 4.90 Å². The molecule has 0 heterocycles. The molecule has 0 saturated heterocycles. The summed E-state index contributed by atoms with van der Waals surface area (Å²) >= 11 is 0. The summed E-state index contributed by atoms with van der Waals surface area (Å²) in [6.07, 6.45) is 1.08. The van der Waals surface area contributed by atoms with Crippen molar-refractivity contribution in [3.63, 3.8) is 0 Å². The lowest BCUT2D eigenvalue weighted by Crippen LogP contribution is -2.13. The largest absolute Gasteiger partial charge is 0.309 e. The van der Waals surface area contributed by atoms with Crippen molar-refractivity contribution in [1.82, 2.24) is 4.90 Å². The number of rotatable bonds is 5. The fourth-order valence-electron chi connectivity index (χ4n) is 0.637. The minimum Gasteiger partial charge on any atom is -0.309 e. The third-order valence-corrected chi connectivity index (χ3v) is 1.17. The summed E-state index contributed by atoms with van der Waals surface area (Å²) in [4.78, 5) is 9.99. The maximum absolute atomic E-state index is 3.99. The van der Waals surface area contributed by atoms with Crippen LogP contribution in [0.15, 0.2) is 9.98 Å². The van der Waals surface area contributed by atoms with Crippen molar-refractivity contribution >= 4 is 30.0 Å².